The molecule has 3 aromatic rings. The van der Waals surface area contributed by atoms with Crippen molar-refractivity contribution in [3.8, 4) is 0 Å². The number of nitrogens with zero attached hydrogens (tertiary/aromatic N) is 3. The van der Waals surface area contributed by atoms with E-state index in [1.54, 1.807) is 11.6 Å². The molecule has 0 radical (unpaired) electrons. The molecule has 1 aromatic heterocycles. The summed E-state index contributed by atoms with van der Waals surface area (Å²) in [6, 6.07) is 19.3. The fourth-order valence-electron chi connectivity index (χ4n) is 2.94. The minimum Gasteiger partial charge on any atom is -0.269 e. The van der Waals surface area contributed by atoms with Gasteiger partial charge in [-0.15, -0.1) is 0 Å². The molecule has 0 saturated carbocycles. The molecule has 0 unspecified atom stereocenters. The van der Waals surface area contributed by atoms with Crippen molar-refractivity contribution < 1.29 is 8.42 Å². The van der Waals surface area contributed by atoms with Gasteiger partial charge in [0.1, 0.15) is 4.90 Å². The average Bonchev–Trinajstić information content (AvgIpc) is 3.04. The molecule has 2 aromatic carbocycles. The van der Waals surface area contributed by atoms with E-state index in [-0.39, 0.29) is 4.90 Å². The highest BCUT2D eigenvalue weighted by Crippen LogP contribution is 2.23. The maximum atomic E-state index is 13.4. The number of benzene rings is 2. The molecule has 26 heavy (non-hydrogen) atoms. The van der Waals surface area contributed by atoms with Crippen molar-refractivity contribution in [3.05, 3.63) is 83.7 Å². The summed E-state index contributed by atoms with van der Waals surface area (Å²) in [6.07, 6.45) is 1.46. The van der Waals surface area contributed by atoms with Gasteiger partial charge in [0.15, 0.2) is 0 Å². The fraction of sp³-hybridized carbons (Fsp3) is 0.250. The number of hydrogen-bond donors (Lipinski definition) is 0. The zero-order valence-corrected chi connectivity index (χ0v) is 15.9. The van der Waals surface area contributed by atoms with Gasteiger partial charge in [-0.1, -0.05) is 60.7 Å². The summed E-state index contributed by atoms with van der Waals surface area (Å²) in [5.41, 5.74) is 2.57. The van der Waals surface area contributed by atoms with Crippen LogP contribution < -0.4 is 0 Å². The van der Waals surface area contributed by atoms with Crippen molar-refractivity contribution in [2.75, 3.05) is 0 Å². The lowest BCUT2D eigenvalue weighted by Crippen LogP contribution is -2.30. The van der Waals surface area contributed by atoms with E-state index in [1.165, 1.54) is 10.5 Å². The van der Waals surface area contributed by atoms with E-state index in [4.69, 9.17) is 0 Å². The third kappa shape index (κ3) is 3.86. The number of rotatable bonds is 7. The van der Waals surface area contributed by atoms with Crippen LogP contribution in [-0.4, -0.2) is 22.5 Å². The Hall–Kier alpha value is -2.44. The first kappa shape index (κ1) is 18.4. The van der Waals surface area contributed by atoms with Gasteiger partial charge in [0.05, 0.1) is 11.9 Å². The molecule has 0 bridgehead atoms. The highest BCUT2D eigenvalue weighted by Gasteiger charge is 2.28. The molecule has 0 amide bonds. The molecule has 0 aliphatic heterocycles. The third-order valence-electron chi connectivity index (χ3n) is 4.38. The topological polar surface area (TPSA) is 55.2 Å². The maximum absolute atomic E-state index is 13.4. The summed E-state index contributed by atoms with van der Waals surface area (Å²) in [6.45, 7) is 5.01. The lowest BCUT2D eigenvalue weighted by atomic mass is 10.2. The molecule has 0 spiro atoms. The van der Waals surface area contributed by atoms with E-state index < -0.39 is 10.0 Å². The van der Waals surface area contributed by atoms with Crippen molar-refractivity contribution >= 4 is 10.0 Å². The van der Waals surface area contributed by atoms with Crippen molar-refractivity contribution in [2.45, 2.75) is 38.4 Å². The Morgan fingerprint density at radius 3 is 1.85 bits per heavy atom. The normalized spacial score (nSPS) is 11.8. The summed E-state index contributed by atoms with van der Waals surface area (Å²) in [7, 11) is -3.67. The number of sulfonamides is 1. The van der Waals surface area contributed by atoms with Gasteiger partial charge in [0, 0.05) is 19.6 Å². The van der Waals surface area contributed by atoms with E-state index in [2.05, 4.69) is 5.10 Å². The second-order valence-corrected chi connectivity index (χ2v) is 8.06. The van der Waals surface area contributed by atoms with Crippen molar-refractivity contribution in [2.24, 2.45) is 0 Å². The molecule has 1 heterocycles. The first-order valence-electron chi connectivity index (χ1n) is 8.62. The standard InChI is InChI=1S/C20H23N3O2S/c1-3-23-17(2)20(14-21-23)26(24,25)22(15-18-10-6-4-7-11-18)16-19-12-8-5-9-13-19/h4-14H,3,15-16H2,1-2H3. The van der Waals surface area contributed by atoms with Gasteiger partial charge in [-0.05, 0) is 25.0 Å². The van der Waals surface area contributed by atoms with Crippen LogP contribution in [0.5, 0.6) is 0 Å². The molecule has 0 atom stereocenters. The quantitative estimate of drug-likeness (QED) is 0.639. The van der Waals surface area contributed by atoms with Crippen LogP contribution in [0.4, 0.5) is 0 Å². The lowest BCUT2D eigenvalue weighted by Gasteiger charge is -2.22. The highest BCUT2D eigenvalue weighted by atomic mass is 32.2. The minimum absolute atomic E-state index is 0.270. The van der Waals surface area contributed by atoms with Crippen LogP contribution in [0, 0.1) is 6.92 Å². The van der Waals surface area contributed by atoms with Crippen molar-refractivity contribution in [3.63, 3.8) is 0 Å². The second kappa shape index (κ2) is 7.85. The predicted molar refractivity (Wildman–Crippen MR) is 102 cm³/mol. The molecule has 0 N–H and O–H groups in total. The van der Waals surface area contributed by atoms with Crippen LogP contribution in [-0.2, 0) is 29.7 Å². The second-order valence-electron chi connectivity index (χ2n) is 6.15. The molecule has 6 heteroatoms. The van der Waals surface area contributed by atoms with Gasteiger partial charge >= 0.3 is 0 Å². The molecule has 0 fully saturated rings. The summed E-state index contributed by atoms with van der Waals surface area (Å²) in [5.74, 6) is 0. The fourth-order valence-corrected chi connectivity index (χ4v) is 4.52. The van der Waals surface area contributed by atoms with Crippen LogP contribution in [0.3, 0.4) is 0 Å². The van der Waals surface area contributed by atoms with Crippen LogP contribution in [0.15, 0.2) is 71.8 Å². The smallest absolute Gasteiger partial charge is 0.247 e. The molecule has 0 aliphatic carbocycles. The lowest BCUT2D eigenvalue weighted by molar-refractivity contribution is 0.400. The monoisotopic (exact) mass is 369 g/mol. The Morgan fingerprint density at radius 1 is 0.923 bits per heavy atom. The van der Waals surface area contributed by atoms with E-state index in [0.717, 1.165) is 11.1 Å². The predicted octanol–water partition coefficient (Wildman–Crippen LogP) is 3.60. The zero-order valence-electron chi connectivity index (χ0n) is 15.0. The van der Waals surface area contributed by atoms with Crippen LogP contribution in [0.2, 0.25) is 0 Å². The molecule has 136 valence electrons. The van der Waals surface area contributed by atoms with E-state index >= 15 is 0 Å². The van der Waals surface area contributed by atoms with Gasteiger partial charge < -0.3 is 0 Å². The summed E-state index contributed by atoms with van der Waals surface area (Å²) >= 11 is 0. The molecular formula is C20H23N3O2S. The largest absolute Gasteiger partial charge is 0.269 e. The van der Waals surface area contributed by atoms with E-state index in [0.29, 0.717) is 25.3 Å². The molecule has 5 nitrogen and oxygen atoms in total. The molecular weight excluding hydrogens is 346 g/mol. The number of aryl methyl sites for hydroxylation is 1. The van der Waals surface area contributed by atoms with Crippen LogP contribution in [0.1, 0.15) is 23.7 Å². The molecule has 0 saturated heterocycles. The van der Waals surface area contributed by atoms with Gasteiger partial charge in [-0.25, -0.2) is 8.42 Å². The van der Waals surface area contributed by atoms with E-state index in [1.807, 2.05) is 67.6 Å². The number of aromatic nitrogens is 2. The Bertz CT molecular complexity index is 910. The first-order valence-corrected chi connectivity index (χ1v) is 10.1. The SMILES string of the molecule is CCn1ncc(S(=O)(=O)N(Cc2ccccc2)Cc2ccccc2)c1C. The van der Waals surface area contributed by atoms with Gasteiger partial charge in [0.2, 0.25) is 10.0 Å². The van der Waals surface area contributed by atoms with Gasteiger partial charge in [0.25, 0.3) is 0 Å². The Morgan fingerprint density at radius 2 is 1.42 bits per heavy atom. The highest BCUT2D eigenvalue weighted by molar-refractivity contribution is 7.89. The number of hydrogen-bond acceptors (Lipinski definition) is 3. The Kier molecular flexibility index (Phi) is 5.54. The van der Waals surface area contributed by atoms with Crippen molar-refractivity contribution in [1.29, 1.82) is 0 Å². The minimum atomic E-state index is -3.67. The average molecular weight is 369 g/mol. The first-order chi connectivity index (χ1) is 12.5. The van der Waals surface area contributed by atoms with Crippen LogP contribution in [0.25, 0.3) is 0 Å². The van der Waals surface area contributed by atoms with Gasteiger partial charge in [-0.3, -0.25) is 4.68 Å². The summed E-state index contributed by atoms with van der Waals surface area (Å²) in [5, 5.41) is 4.21. The van der Waals surface area contributed by atoms with Gasteiger partial charge in [-0.2, -0.15) is 9.40 Å². The van der Waals surface area contributed by atoms with Crippen molar-refractivity contribution in [1.82, 2.24) is 14.1 Å². The Balaban J connectivity index is 1.99. The van der Waals surface area contributed by atoms with Crippen LogP contribution >= 0.6 is 0 Å². The maximum Gasteiger partial charge on any atom is 0.247 e. The molecule has 0 aliphatic rings. The zero-order chi connectivity index (χ0) is 18.6. The third-order valence-corrected chi connectivity index (χ3v) is 6.27. The summed E-state index contributed by atoms with van der Waals surface area (Å²) in [4.78, 5) is 0.270. The summed E-state index contributed by atoms with van der Waals surface area (Å²) < 4.78 is 29.9. The van der Waals surface area contributed by atoms with E-state index in [9.17, 15) is 8.42 Å². The Labute approximate surface area is 154 Å². The molecule has 3 rings (SSSR count).